The van der Waals surface area contributed by atoms with Crippen molar-refractivity contribution in [2.45, 2.75) is 52.6 Å². The minimum absolute atomic E-state index is 0.0606. The molecule has 1 aliphatic carbocycles. The van der Waals surface area contributed by atoms with E-state index in [1.54, 1.807) is 0 Å². The third-order valence-electron chi connectivity index (χ3n) is 2.96. The van der Waals surface area contributed by atoms with E-state index in [1.807, 2.05) is 36.4 Å². The summed E-state index contributed by atoms with van der Waals surface area (Å²) in [6, 6.07) is 8.18. The number of nitrogens with one attached hydrogen (secondary N) is 1. The topological polar surface area (TPSA) is 36.8 Å². The van der Waals surface area contributed by atoms with E-state index in [9.17, 15) is 0 Å². The molecule has 0 atom stereocenters. The Morgan fingerprint density at radius 2 is 1.26 bits per heavy atom. The van der Waals surface area contributed by atoms with E-state index in [1.165, 1.54) is 0 Å². The summed E-state index contributed by atoms with van der Waals surface area (Å²) in [7, 11) is 0. The molecular weight excluding hydrogens is 282 g/mol. The van der Waals surface area contributed by atoms with Gasteiger partial charge in [-0.2, -0.15) is 0 Å². The quantitative estimate of drug-likeness (QED) is 0.736. The van der Waals surface area contributed by atoms with Crippen molar-refractivity contribution in [3.63, 3.8) is 0 Å². The molecule has 2 rings (SSSR count). The van der Waals surface area contributed by atoms with Crippen LogP contribution in [-0.2, 0) is 0 Å². The van der Waals surface area contributed by atoms with Crippen molar-refractivity contribution >= 4 is 22.8 Å². The first-order chi connectivity index (χ1) is 10.6. The minimum Gasteiger partial charge on any atom is -0.380 e. The van der Waals surface area contributed by atoms with Crippen LogP contribution in [0.5, 0.6) is 0 Å². The molecule has 1 aromatic rings. The van der Waals surface area contributed by atoms with E-state index in [4.69, 9.17) is 0 Å². The molecule has 1 N–H and O–H groups in total. The predicted octanol–water partition coefficient (Wildman–Crippen LogP) is 5.34. The largest absolute Gasteiger partial charge is 0.380 e. The Labute approximate surface area is 139 Å². The molecule has 0 heterocycles. The summed E-state index contributed by atoms with van der Waals surface area (Å²) in [5, 5.41) is 3.45. The van der Waals surface area contributed by atoms with Crippen molar-refractivity contribution in [3.05, 3.63) is 48.6 Å². The molecule has 1 aliphatic rings. The molecule has 122 valence electrons. The van der Waals surface area contributed by atoms with Crippen LogP contribution >= 0.6 is 0 Å². The molecule has 3 heteroatoms. The van der Waals surface area contributed by atoms with Gasteiger partial charge in [0.25, 0.3) is 0 Å². The summed E-state index contributed by atoms with van der Waals surface area (Å²) >= 11 is 0. The van der Waals surface area contributed by atoms with Crippen LogP contribution < -0.4 is 5.32 Å². The van der Waals surface area contributed by atoms with Gasteiger partial charge in [-0.1, -0.05) is 0 Å². The maximum Gasteiger partial charge on any atom is 0.0638 e. The molecule has 1 aromatic carbocycles. The molecule has 0 amide bonds. The second-order valence-electron chi connectivity index (χ2n) is 7.83. The van der Waals surface area contributed by atoms with Crippen LogP contribution in [0.25, 0.3) is 0 Å². The molecule has 23 heavy (non-hydrogen) atoms. The normalized spacial score (nSPS) is 14.9. The molecule has 0 aromatic heterocycles. The summed E-state index contributed by atoms with van der Waals surface area (Å²) in [6.45, 7) is 12.7. The lowest BCUT2D eigenvalue weighted by molar-refractivity contribution is 0.585. The number of aliphatic imine (C=N–C) groups is 2. The van der Waals surface area contributed by atoms with Crippen LogP contribution in [0.2, 0.25) is 0 Å². The van der Waals surface area contributed by atoms with Gasteiger partial charge in [-0.25, -0.2) is 4.99 Å². The fraction of sp³-hybridized carbons (Fsp3) is 0.400. The molecule has 0 fully saturated rings. The maximum atomic E-state index is 4.65. The lowest BCUT2D eigenvalue weighted by Crippen LogP contribution is -2.25. The predicted molar refractivity (Wildman–Crippen MR) is 102 cm³/mol. The van der Waals surface area contributed by atoms with Gasteiger partial charge in [0, 0.05) is 11.2 Å². The van der Waals surface area contributed by atoms with E-state index >= 15 is 0 Å². The fourth-order valence-electron chi connectivity index (χ4n) is 2.19. The number of rotatable bonds is 2. The SMILES string of the molecule is CC(C)(C)N=C1C=CC(=Nc2ccc(NC(C)(C)C)cc2)C=C1. The third kappa shape index (κ3) is 6.23. The minimum atomic E-state index is -0.0610. The number of benzene rings is 1. The molecule has 0 aliphatic heterocycles. The summed E-state index contributed by atoms with van der Waals surface area (Å²) in [6.07, 6.45) is 8.04. The second kappa shape index (κ2) is 6.53. The van der Waals surface area contributed by atoms with E-state index < -0.39 is 0 Å². The van der Waals surface area contributed by atoms with Gasteiger partial charge in [-0.3, -0.25) is 4.99 Å². The van der Waals surface area contributed by atoms with Gasteiger partial charge in [0.1, 0.15) is 0 Å². The lowest BCUT2D eigenvalue weighted by atomic mass is 10.1. The molecule has 3 nitrogen and oxygen atoms in total. The van der Waals surface area contributed by atoms with E-state index in [2.05, 4.69) is 69.0 Å². The first-order valence-corrected chi connectivity index (χ1v) is 8.04. The maximum absolute atomic E-state index is 4.65. The van der Waals surface area contributed by atoms with Crippen molar-refractivity contribution in [1.82, 2.24) is 0 Å². The van der Waals surface area contributed by atoms with Crippen molar-refractivity contribution in [2.24, 2.45) is 9.98 Å². The van der Waals surface area contributed by atoms with Crippen LogP contribution in [0.15, 0.2) is 58.6 Å². The number of hydrogen-bond acceptors (Lipinski definition) is 3. The molecule has 0 unspecified atom stereocenters. The first-order valence-electron chi connectivity index (χ1n) is 8.04. The van der Waals surface area contributed by atoms with Crippen LogP contribution in [-0.4, -0.2) is 22.5 Å². The van der Waals surface area contributed by atoms with Crippen LogP contribution in [0.1, 0.15) is 41.5 Å². The second-order valence-corrected chi connectivity index (χ2v) is 7.83. The summed E-state index contributed by atoms with van der Waals surface area (Å²) < 4.78 is 0. The fourth-order valence-corrected chi connectivity index (χ4v) is 2.19. The van der Waals surface area contributed by atoms with Crippen LogP contribution in [0.4, 0.5) is 11.4 Å². The Morgan fingerprint density at radius 3 is 1.74 bits per heavy atom. The monoisotopic (exact) mass is 309 g/mol. The van der Waals surface area contributed by atoms with Crippen molar-refractivity contribution in [2.75, 3.05) is 5.32 Å². The highest BCUT2D eigenvalue weighted by Gasteiger charge is 2.10. The van der Waals surface area contributed by atoms with E-state index in [-0.39, 0.29) is 11.1 Å². The number of anilines is 1. The summed E-state index contributed by atoms with van der Waals surface area (Å²) in [4.78, 5) is 9.28. The molecule has 0 spiro atoms. The smallest absolute Gasteiger partial charge is 0.0638 e. The molecule has 0 saturated carbocycles. The third-order valence-corrected chi connectivity index (χ3v) is 2.96. The molecule has 0 saturated heterocycles. The number of allylic oxidation sites excluding steroid dienone is 4. The Morgan fingerprint density at radius 1 is 0.739 bits per heavy atom. The molecular formula is C20H27N3. The zero-order valence-electron chi connectivity index (χ0n) is 15.0. The van der Waals surface area contributed by atoms with E-state index in [0.717, 1.165) is 22.8 Å². The van der Waals surface area contributed by atoms with Gasteiger partial charge in [-0.05, 0) is 90.1 Å². The highest BCUT2D eigenvalue weighted by molar-refractivity contribution is 6.19. The first kappa shape index (κ1) is 17.2. The average molecular weight is 309 g/mol. The standard InChI is InChI=1S/C20H27N3/c1-19(2,3)22-17-11-7-15(8-12-17)21-16-9-13-18(14-10-16)23-20(4,5)6/h7-14,22H,1-6H3. The van der Waals surface area contributed by atoms with Gasteiger partial charge >= 0.3 is 0 Å². The van der Waals surface area contributed by atoms with E-state index in [0.29, 0.717) is 0 Å². The van der Waals surface area contributed by atoms with Crippen molar-refractivity contribution in [1.29, 1.82) is 0 Å². The lowest BCUT2D eigenvalue weighted by Gasteiger charge is -2.22. The zero-order valence-corrected chi connectivity index (χ0v) is 15.0. The van der Waals surface area contributed by atoms with Gasteiger partial charge in [0.05, 0.1) is 22.6 Å². The average Bonchev–Trinajstić information content (AvgIpc) is 2.40. The Kier molecular flexibility index (Phi) is 4.88. The Hall–Kier alpha value is -2.16. The summed E-state index contributed by atoms with van der Waals surface area (Å²) in [5.41, 5.74) is 3.98. The van der Waals surface area contributed by atoms with Crippen LogP contribution in [0, 0.1) is 0 Å². The molecule has 0 bridgehead atoms. The van der Waals surface area contributed by atoms with Crippen molar-refractivity contribution in [3.8, 4) is 0 Å². The van der Waals surface area contributed by atoms with Crippen LogP contribution in [0.3, 0.4) is 0 Å². The number of nitrogens with zero attached hydrogens (tertiary/aromatic N) is 2. The zero-order chi connectivity index (χ0) is 17.1. The highest BCUT2D eigenvalue weighted by Crippen LogP contribution is 2.20. The van der Waals surface area contributed by atoms with Gasteiger partial charge in [0.15, 0.2) is 0 Å². The van der Waals surface area contributed by atoms with Gasteiger partial charge in [0.2, 0.25) is 0 Å². The Bertz CT molecular complexity index is 642. The van der Waals surface area contributed by atoms with Gasteiger partial charge < -0.3 is 5.32 Å². The van der Waals surface area contributed by atoms with Gasteiger partial charge in [-0.15, -0.1) is 0 Å². The number of hydrogen-bond donors (Lipinski definition) is 1. The van der Waals surface area contributed by atoms with Crippen molar-refractivity contribution < 1.29 is 0 Å². The molecule has 0 radical (unpaired) electrons. The summed E-state index contributed by atoms with van der Waals surface area (Å²) in [5.74, 6) is 0. The Balaban J connectivity index is 2.08. The highest BCUT2D eigenvalue weighted by atomic mass is 14.9.